The van der Waals surface area contributed by atoms with E-state index in [1.165, 1.54) is 32.1 Å². The van der Waals surface area contributed by atoms with Gasteiger partial charge in [-0.15, -0.1) is 0 Å². The Kier molecular flexibility index (Phi) is 38.3. The Bertz CT molecular complexity index is 1110. The molecule has 0 bridgehead atoms. The minimum absolute atomic E-state index is 0.222. The summed E-state index contributed by atoms with van der Waals surface area (Å²) >= 11 is 0. The van der Waals surface area contributed by atoms with E-state index in [4.69, 9.17) is 14.0 Å². The molecule has 0 aliphatic heterocycles. The molecule has 0 aliphatic rings. The van der Waals surface area contributed by atoms with Crippen LogP contribution < -0.4 is 0 Å². The van der Waals surface area contributed by atoms with Crippen molar-refractivity contribution in [2.75, 3.05) is 20.3 Å². The number of ether oxygens (including phenoxy) is 2. The van der Waals surface area contributed by atoms with Crippen molar-refractivity contribution in [1.29, 1.82) is 0 Å². The third-order valence-electron chi connectivity index (χ3n) is 8.68. The normalized spacial score (nSPS) is 14.1. The van der Waals surface area contributed by atoms with Crippen LogP contribution in [0.4, 0.5) is 0 Å². The Hall–Kier alpha value is -2.51. The van der Waals surface area contributed by atoms with Crippen molar-refractivity contribution < 1.29 is 37.6 Å². The summed E-state index contributed by atoms with van der Waals surface area (Å²) in [7, 11) is -3.22. The number of carbonyl (C=O) groups excluding carboxylic acids is 2. The highest BCUT2D eigenvalue weighted by Gasteiger charge is 2.24. The molecule has 1 N–H and O–H groups in total. The number of unbranched alkanes of at least 4 members (excludes halogenated alkanes) is 15. The molecule has 0 amide bonds. The fourth-order valence-electron chi connectivity index (χ4n) is 5.44. The van der Waals surface area contributed by atoms with E-state index in [0.717, 1.165) is 116 Å². The van der Waals surface area contributed by atoms with Gasteiger partial charge in [-0.1, -0.05) is 151 Å². The molecule has 0 heterocycles. The Morgan fingerprint density at radius 1 is 0.537 bits per heavy atom. The number of phosphoric acid groups is 1. The number of phosphoric ester groups is 1. The lowest BCUT2D eigenvalue weighted by Gasteiger charge is -2.19. The lowest BCUT2D eigenvalue weighted by Crippen LogP contribution is -2.29. The molecule has 0 saturated carbocycles. The molecule has 0 saturated heterocycles. The van der Waals surface area contributed by atoms with Gasteiger partial charge in [0.2, 0.25) is 0 Å². The molecular formula is C45H77O8P. The quantitative estimate of drug-likeness (QED) is 0.0286. The van der Waals surface area contributed by atoms with Gasteiger partial charge in [0.1, 0.15) is 6.61 Å². The Labute approximate surface area is 330 Å². The van der Waals surface area contributed by atoms with E-state index in [-0.39, 0.29) is 19.4 Å². The van der Waals surface area contributed by atoms with Crippen LogP contribution in [0.2, 0.25) is 0 Å². The summed E-state index contributed by atoms with van der Waals surface area (Å²) in [5.74, 6) is -0.841. The average molecular weight is 777 g/mol. The van der Waals surface area contributed by atoms with Crippen LogP contribution in [0.25, 0.3) is 0 Å². The summed E-state index contributed by atoms with van der Waals surface area (Å²) in [6.07, 6.45) is 50.9. The van der Waals surface area contributed by atoms with Crippen LogP contribution in [0.15, 0.2) is 72.9 Å². The van der Waals surface area contributed by atoms with Crippen molar-refractivity contribution >= 4 is 19.8 Å². The molecule has 54 heavy (non-hydrogen) atoms. The van der Waals surface area contributed by atoms with Crippen LogP contribution in [0.1, 0.15) is 174 Å². The van der Waals surface area contributed by atoms with Crippen molar-refractivity contribution in [1.82, 2.24) is 0 Å². The second-order valence-electron chi connectivity index (χ2n) is 13.7. The van der Waals surface area contributed by atoms with Crippen LogP contribution in [-0.4, -0.2) is 43.3 Å². The lowest BCUT2D eigenvalue weighted by molar-refractivity contribution is -0.161. The van der Waals surface area contributed by atoms with Crippen LogP contribution in [0.5, 0.6) is 0 Å². The Balaban J connectivity index is 4.08. The van der Waals surface area contributed by atoms with Gasteiger partial charge in [0.05, 0.1) is 6.61 Å². The summed E-state index contributed by atoms with van der Waals surface area (Å²) in [4.78, 5) is 34.5. The van der Waals surface area contributed by atoms with Gasteiger partial charge in [-0.3, -0.25) is 18.6 Å². The van der Waals surface area contributed by atoms with Crippen molar-refractivity contribution in [2.45, 2.75) is 180 Å². The molecule has 0 spiro atoms. The minimum atomic E-state index is -4.27. The van der Waals surface area contributed by atoms with Crippen molar-refractivity contribution in [3.63, 3.8) is 0 Å². The standard InChI is InChI=1S/C45H77O8P/c1-4-6-8-10-12-14-16-18-20-22-23-24-26-28-30-32-34-36-38-40-45(47)53-43(42-52-54(48,49)50-3)41-51-44(46)39-37-35-33-31-29-27-25-21-19-17-15-13-11-9-7-5-2/h6,8,12,14-15,17-18,20-21,23-25,43H,4-5,7,9-11,13,16,19,22,26-42H2,1-3H3,(H,48,49)/b8-6-,14-12-,17-15-,20-18-,24-23-,25-21-. The minimum Gasteiger partial charge on any atom is -0.462 e. The summed E-state index contributed by atoms with van der Waals surface area (Å²) in [5.41, 5.74) is 0. The van der Waals surface area contributed by atoms with Gasteiger partial charge >= 0.3 is 19.8 Å². The zero-order chi connectivity index (χ0) is 39.6. The van der Waals surface area contributed by atoms with Crippen LogP contribution >= 0.6 is 7.82 Å². The topological polar surface area (TPSA) is 108 Å². The zero-order valence-electron chi connectivity index (χ0n) is 34.3. The van der Waals surface area contributed by atoms with E-state index in [0.29, 0.717) is 6.42 Å². The first-order valence-electron chi connectivity index (χ1n) is 21.1. The van der Waals surface area contributed by atoms with E-state index < -0.39 is 32.5 Å². The van der Waals surface area contributed by atoms with E-state index in [9.17, 15) is 19.0 Å². The first-order valence-corrected chi connectivity index (χ1v) is 22.6. The molecular weight excluding hydrogens is 699 g/mol. The molecule has 9 heteroatoms. The predicted octanol–water partition coefficient (Wildman–Crippen LogP) is 13.3. The molecule has 0 aliphatic carbocycles. The van der Waals surface area contributed by atoms with Gasteiger partial charge in [0.15, 0.2) is 6.10 Å². The maximum atomic E-state index is 12.5. The maximum absolute atomic E-state index is 12.5. The van der Waals surface area contributed by atoms with Gasteiger partial charge in [-0.2, -0.15) is 0 Å². The van der Waals surface area contributed by atoms with Crippen LogP contribution in [-0.2, 0) is 32.7 Å². The van der Waals surface area contributed by atoms with Crippen LogP contribution in [0.3, 0.4) is 0 Å². The molecule has 0 aromatic rings. The Morgan fingerprint density at radius 2 is 0.944 bits per heavy atom. The Morgan fingerprint density at radius 3 is 1.41 bits per heavy atom. The molecule has 0 aromatic carbocycles. The fourth-order valence-corrected chi connectivity index (χ4v) is 5.90. The lowest BCUT2D eigenvalue weighted by atomic mass is 10.1. The highest BCUT2D eigenvalue weighted by atomic mass is 31.2. The summed E-state index contributed by atoms with van der Waals surface area (Å²) in [6, 6.07) is 0. The number of carbonyl (C=O) groups is 2. The number of hydrogen-bond donors (Lipinski definition) is 1. The number of rotatable bonds is 38. The molecule has 0 rings (SSSR count). The van der Waals surface area contributed by atoms with Gasteiger partial charge in [0.25, 0.3) is 0 Å². The summed E-state index contributed by atoms with van der Waals surface area (Å²) < 4.78 is 32.0. The fraction of sp³-hybridized carbons (Fsp3) is 0.689. The molecule has 0 radical (unpaired) electrons. The van der Waals surface area contributed by atoms with E-state index in [1.54, 1.807) is 0 Å². The first-order chi connectivity index (χ1) is 26.3. The van der Waals surface area contributed by atoms with Gasteiger partial charge in [-0.25, -0.2) is 4.57 Å². The van der Waals surface area contributed by atoms with Gasteiger partial charge in [-0.05, 0) is 83.5 Å². The van der Waals surface area contributed by atoms with E-state index >= 15 is 0 Å². The van der Waals surface area contributed by atoms with Crippen LogP contribution in [0, 0.1) is 0 Å². The van der Waals surface area contributed by atoms with Gasteiger partial charge in [0, 0.05) is 20.0 Å². The van der Waals surface area contributed by atoms with Gasteiger partial charge < -0.3 is 14.4 Å². The molecule has 0 aromatic heterocycles. The molecule has 310 valence electrons. The largest absolute Gasteiger partial charge is 0.472 e. The first kappa shape index (κ1) is 51.5. The van der Waals surface area contributed by atoms with Crippen molar-refractivity contribution in [3.05, 3.63) is 72.9 Å². The molecule has 2 atom stereocenters. The summed E-state index contributed by atoms with van der Waals surface area (Å²) in [5, 5.41) is 0. The third-order valence-corrected chi connectivity index (χ3v) is 9.62. The second kappa shape index (κ2) is 40.2. The highest BCUT2D eigenvalue weighted by molar-refractivity contribution is 7.47. The second-order valence-corrected chi connectivity index (χ2v) is 15.3. The third kappa shape index (κ3) is 39.2. The van der Waals surface area contributed by atoms with Crippen molar-refractivity contribution in [2.24, 2.45) is 0 Å². The highest BCUT2D eigenvalue weighted by Crippen LogP contribution is 2.42. The zero-order valence-corrected chi connectivity index (χ0v) is 35.2. The average Bonchev–Trinajstić information content (AvgIpc) is 3.16. The summed E-state index contributed by atoms with van der Waals surface area (Å²) in [6.45, 7) is 3.73. The molecule has 2 unspecified atom stereocenters. The maximum Gasteiger partial charge on any atom is 0.472 e. The van der Waals surface area contributed by atoms with E-state index in [1.807, 2.05) is 0 Å². The molecule has 8 nitrogen and oxygen atoms in total. The smallest absolute Gasteiger partial charge is 0.462 e. The molecule has 0 fully saturated rings. The van der Waals surface area contributed by atoms with Crippen molar-refractivity contribution in [3.8, 4) is 0 Å². The van der Waals surface area contributed by atoms with E-state index in [2.05, 4.69) is 91.3 Å². The monoisotopic (exact) mass is 777 g/mol. The predicted molar refractivity (Wildman–Crippen MR) is 225 cm³/mol. The number of hydrogen-bond acceptors (Lipinski definition) is 7. The number of allylic oxidation sites excluding steroid dienone is 12. The number of esters is 2. The SMILES string of the molecule is CC/C=C\C/C=C\C/C=C\C/C=C\CCCCCCCCC(=O)OC(COC(=O)CCCCCCC/C=C\C/C=C\CCCCCC)COP(=O)(O)OC.